The first-order valence-corrected chi connectivity index (χ1v) is 12.0. The third kappa shape index (κ3) is 4.45. The molecule has 176 valence electrons. The molecule has 1 N–H and O–H groups in total. The van der Waals surface area contributed by atoms with E-state index in [1.54, 1.807) is 31.4 Å². The predicted octanol–water partition coefficient (Wildman–Crippen LogP) is 1.72. The van der Waals surface area contributed by atoms with Crippen LogP contribution in [0.3, 0.4) is 0 Å². The molecule has 2 aromatic heterocycles. The largest absolute Gasteiger partial charge is 0.357 e. The summed E-state index contributed by atoms with van der Waals surface area (Å²) >= 11 is 1.50. The minimum absolute atomic E-state index is 0.0373. The Hall–Kier alpha value is -3.54. The van der Waals surface area contributed by atoms with Gasteiger partial charge in [-0.2, -0.15) is 4.80 Å². The summed E-state index contributed by atoms with van der Waals surface area (Å²) in [7, 11) is 1.67. The standard InChI is InChI=1S/C22H23FN8O2S/c1-29-17-11-24-19(30-8-4-5-9-30)10-18(17)34-13-16(22(29)33)25-21(32)20-26-28-31(27-20)12-14-6-2-3-7-15(14)23/h2-3,6-7,10-11,16H,4-5,8-9,12-13H2,1H3,(H,25,32)/t16-/m0/s1. The number of likely N-dealkylation sites (N-methyl/N-ethyl adjacent to an activating group) is 1. The highest BCUT2D eigenvalue weighted by molar-refractivity contribution is 7.99. The molecule has 1 saturated heterocycles. The van der Waals surface area contributed by atoms with Crippen molar-refractivity contribution in [3.8, 4) is 0 Å². The summed E-state index contributed by atoms with van der Waals surface area (Å²) in [5, 5.41) is 14.4. The van der Waals surface area contributed by atoms with Crippen LogP contribution in [-0.4, -0.2) is 68.9 Å². The van der Waals surface area contributed by atoms with E-state index in [9.17, 15) is 14.0 Å². The van der Waals surface area contributed by atoms with Crippen molar-refractivity contribution in [3.05, 3.63) is 53.7 Å². The highest BCUT2D eigenvalue weighted by Gasteiger charge is 2.32. The molecule has 0 aliphatic carbocycles. The van der Waals surface area contributed by atoms with Gasteiger partial charge in [-0.3, -0.25) is 9.59 Å². The number of amides is 2. The lowest BCUT2D eigenvalue weighted by molar-refractivity contribution is -0.119. The van der Waals surface area contributed by atoms with Crippen molar-refractivity contribution in [2.24, 2.45) is 0 Å². The Kier molecular flexibility index (Phi) is 6.14. The van der Waals surface area contributed by atoms with Gasteiger partial charge in [-0.25, -0.2) is 9.37 Å². The van der Waals surface area contributed by atoms with Gasteiger partial charge >= 0.3 is 0 Å². The number of fused-ring (bicyclic) bond motifs is 1. The van der Waals surface area contributed by atoms with Crippen LogP contribution in [0.5, 0.6) is 0 Å². The first-order chi connectivity index (χ1) is 16.5. The first kappa shape index (κ1) is 22.3. The molecule has 1 fully saturated rings. The van der Waals surface area contributed by atoms with Gasteiger partial charge in [-0.1, -0.05) is 18.2 Å². The highest BCUT2D eigenvalue weighted by Crippen LogP contribution is 2.36. The molecule has 0 bridgehead atoms. The third-order valence-electron chi connectivity index (χ3n) is 5.89. The molecule has 3 aromatic rings. The maximum absolute atomic E-state index is 13.9. The van der Waals surface area contributed by atoms with Gasteiger partial charge in [0.25, 0.3) is 11.7 Å². The lowest BCUT2D eigenvalue weighted by Gasteiger charge is -2.22. The van der Waals surface area contributed by atoms with Crippen LogP contribution in [0.15, 0.2) is 41.4 Å². The Morgan fingerprint density at radius 2 is 2.06 bits per heavy atom. The normalized spacial score (nSPS) is 18.1. The average molecular weight is 483 g/mol. The summed E-state index contributed by atoms with van der Waals surface area (Å²) < 4.78 is 13.9. The Morgan fingerprint density at radius 3 is 2.85 bits per heavy atom. The number of anilines is 2. The Morgan fingerprint density at radius 1 is 1.26 bits per heavy atom. The Balaban J connectivity index is 1.27. The number of aromatic nitrogens is 5. The van der Waals surface area contributed by atoms with E-state index in [0.717, 1.165) is 41.4 Å². The predicted molar refractivity (Wildman–Crippen MR) is 124 cm³/mol. The molecule has 1 atom stereocenters. The monoisotopic (exact) mass is 482 g/mol. The number of rotatable bonds is 5. The van der Waals surface area contributed by atoms with Crippen molar-refractivity contribution in [2.75, 3.05) is 35.7 Å². The molecule has 1 aromatic carbocycles. The van der Waals surface area contributed by atoms with Gasteiger partial charge in [0.2, 0.25) is 5.91 Å². The first-order valence-electron chi connectivity index (χ1n) is 11.0. The molecular formula is C22H23FN8O2S. The van der Waals surface area contributed by atoms with Crippen LogP contribution in [0, 0.1) is 5.82 Å². The van der Waals surface area contributed by atoms with E-state index >= 15 is 0 Å². The number of benzene rings is 1. The molecule has 10 nitrogen and oxygen atoms in total. The van der Waals surface area contributed by atoms with Crippen LogP contribution in [0.4, 0.5) is 15.9 Å². The Labute approximate surface area is 199 Å². The van der Waals surface area contributed by atoms with Crippen molar-refractivity contribution in [2.45, 2.75) is 30.3 Å². The zero-order valence-corrected chi connectivity index (χ0v) is 19.3. The van der Waals surface area contributed by atoms with Gasteiger partial charge in [0.1, 0.15) is 17.7 Å². The number of tetrazole rings is 1. The molecule has 4 heterocycles. The minimum Gasteiger partial charge on any atom is -0.357 e. The quantitative estimate of drug-likeness (QED) is 0.586. The lowest BCUT2D eigenvalue weighted by Crippen LogP contribution is -2.48. The zero-order chi connectivity index (χ0) is 23.7. The highest BCUT2D eigenvalue weighted by atomic mass is 32.2. The van der Waals surface area contributed by atoms with Crippen LogP contribution in [0.1, 0.15) is 29.0 Å². The molecule has 2 aliphatic heterocycles. The second-order valence-electron chi connectivity index (χ2n) is 8.17. The van der Waals surface area contributed by atoms with E-state index in [1.165, 1.54) is 22.7 Å². The van der Waals surface area contributed by atoms with Crippen molar-refractivity contribution >= 4 is 35.1 Å². The summed E-state index contributed by atoms with van der Waals surface area (Å²) in [4.78, 5) is 36.2. The van der Waals surface area contributed by atoms with Crippen molar-refractivity contribution in [1.82, 2.24) is 30.5 Å². The van der Waals surface area contributed by atoms with E-state index in [2.05, 4.69) is 30.6 Å². The molecule has 2 amide bonds. The third-order valence-corrected chi connectivity index (χ3v) is 7.03. The fourth-order valence-electron chi connectivity index (χ4n) is 4.01. The van der Waals surface area contributed by atoms with E-state index in [4.69, 9.17) is 0 Å². The molecule has 0 spiro atoms. The van der Waals surface area contributed by atoms with Crippen molar-refractivity contribution in [1.29, 1.82) is 0 Å². The fraction of sp³-hybridized carbons (Fsp3) is 0.364. The minimum atomic E-state index is -0.774. The van der Waals surface area contributed by atoms with Gasteiger partial charge in [0.15, 0.2) is 0 Å². The molecule has 12 heteroatoms. The summed E-state index contributed by atoms with van der Waals surface area (Å²) in [6, 6.07) is 7.48. The number of thioether (sulfide) groups is 1. The fourth-order valence-corrected chi connectivity index (χ4v) is 5.11. The number of hydrogen-bond acceptors (Lipinski definition) is 8. The second kappa shape index (κ2) is 9.37. The maximum atomic E-state index is 13.9. The second-order valence-corrected chi connectivity index (χ2v) is 9.24. The number of carbonyl (C=O) groups is 2. The molecule has 34 heavy (non-hydrogen) atoms. The van der Waals surface area contributed by atoms with Gasteiger partial charge in [0, 0.05) is 36.3 Å². The smallest absolute Gasteiger partial charge is 0.293 e. The maximum Gasteiger partial charge on any atom is 0.293 e. The van der Waals surface area contributed by atoms with E-state index < -0.39 is 17.8 Å². The topological polar surface area (TPSA) is 109 Å². The molecule has 2 aliphatic rings. The summed E-state index contributed by atoms with van der Waals surface area (Å²) in [5.41, 5.74) is 1.09. The Bertz CT molecular complexity index is 1230. The van der Waals surface area contributed by atoms with E-state index in [0.29, 0.717) is 17.0 Å². The summed E-state index contributed by atoms with van der Waals surface area (Å²) in [6.07, 6.45) is 4.02. The number of halogens is 1. The van der Waals surface area contributed by atoms with Crippen LogP contribution in [0.25, 0.3) is 0 Å². The lowest BCUT2D eigenvalue weighted by atomic mass is 10.2. The number of nitrogens with zero attached hydrogens (tertiary/aromatic N) is 7. The van der Waals surface area contributed by atoms with E-state index in [-0.39, 0.29) is 18.3 Å². The van der Waals surface area contributed by atoms with Crippen LogP contribution in [-0.2, 0) is 11.3 Å². The van der Waals surface area contributed by atoms with Gasteiger partial charge in [-0.05, 0) is 30.2 Å². The van der Waals surface area contributed by atoms with Crippen molar-refractivity contribution < 1.29 is 14.0 Å². The summed E-state index contributed by atoms with van der Waals surface area (Å²) in [5.74, 6) is -0.187. The molecule has 0 saturated carbocycles. The van der Waals surface area contributed by atoms with Crippen LogP contribution >= 0.6 is 11.8 Å². The van der Waals surface area contributed by atoms with Gasteiger partial charge < -0.3 is 15.1 Å². The van der Waals surface area contributed by atoms with Gasteiger partial charge in [0.05, 0.1) is 18.4 Å². The van der Waals surface area contributed by atoms with Crippen LogP contribution < -0.4 is 15.1 Å². The van der Waals surface area contributed by atoms with Crippen LogP contribution in [0.2, 0.25) is 0 Å². The number of pyridine rings is 1. The number of carbonyl (C=O) groups excluding carboxylic acids is 2. The SMILES string of the molecule is CN1C(=O)[C@@H](NC(=O)c2nnn(Cc3ccccc3F)n2)CSc2cc(N3CCCC3)ncc21. The van der Waals surface area contributed by atoms with Crippen molar-refractivity contribution in [3.63, 3.8) is 0 Å². The number of nitrogens with one attached hydrogen (secondary N) is 1. The van der Waals surface area contributed by atoms with E-state index in [1.807, 2.05) is 6.07 Å². The van der Waals surface area contributed by atoms with Gasteiger partial charge in [-0.15, -0.1) is 22.0 Å². The molecular weight excluding hydrogens is 459 g/mol. The molecule has 0 unspecified atom stereocenters. The molecule has 0 radical (unpaired) electrons. The number of hydrogen-bond donors (Lipinski definition) is 1. The average Bonchev–Trinajstić information content (AvgIpc) is 3.53. The summed E-state index contributed by atoms with van der Waals surface area (Å²) in [6.45, 7) is 2.00. The molecule has 5 rings (SSSR count). The zero-order valence-electron chi connectivity index (χ0n) is 18.5.